The van der Waals surface area contributed by atoms with Crippen LogP contribution in [0.3, 0.4) is 0 Å². The Hall–Kier alpha value is -2.00. The summed E-state index contributed by atoms with van der Waals surface area (Å²) in [6.07, 6.45) is 1.98. The number of tetrazole rings is 1. The van der Waals surface area contributed by atoms with Gasteiger partial charge in [-0.3, -0.25) is 4.90 Å². The molecule has 2 aromatic rings. The molecule has 1 fully saturated rings. The van der Waals surface area contributed by atoms with Gasteiger partial charge in [-0.15, -0.1) is 10.2 Å². The number of hydrogen-bond acceptors (Lipinski definition) is 7. The van der Waals surface area contributed by atoms with Crippen molar-refractivity contribution in [2.75, 3.05) is 46.6 Å². The molecule has 1 unspecified atom stereocenters. The smallest absolute Gasteiger partial charge is 0.204 e. The molecule has 144 valence electrons. The minimum atomic E-state index is -0.179. The van der Waals surface area contributed by atoms with Crippen LogP contribution in [-0.2, 0) is 16.0 Å². The maximum absolute atomic E-state index is 6.10. The van der Waals surface area contributed by atoms with E-state index in [1.54, 1.807) is 11.9 Å². The highest BCUT2D eigenvalue weighted by atomic mass is 35.5. The fraction of sp³-hybridized carbons (Fsp3) is 0.500. The summed E-state index contributed by atoms with van der Waals surface area (Å²) in [7, 11) is 1.65. The van der Waals surface area contributed by atoms with Gasteiger partial charge in [0.1, 0.15) is 18.5 Å². The molecule has 3 heterocycles. The molecular formula is C18H22ClN5O3. The summed E-state index contributed by atoms with van der Waals surface area (Å²) in [5, 5.41) is 13.3. The predicted molar refractivity (Wildman–Crippen MR) is 99.8 cm³/mol. The van der Waals surface area contributed by atoms with E-state index in [0.29, 0.717) is 37.2 Å². The topological polar surface area (TPSA) is 74.5 Å². The summed E-state index contributed by atoms with van der Waals surface area (Å²) in [4.78, 5) is 3.87. The standard InChI is InChI=1S/C18H22ClN5O3/c1-25-6-5-24-21-18(20-22-24)17-11-23(4-7-26-17)10-13-8-14-9-15(19)2-3-16(14)27-12-13/h2-3,8-9,17H,4-7,10-12H2,1H3. The second-order valence-electron chi connectivity index (χ2n) is 6.60. The van der Waals surface area contributed by atoms with Crippen molar-refractivity contribution in [3.8, 4) is 5.75 Å². The normalized spacial score (nSPS) is 20.1. The highest BCUT2D eigenvalue weighted by Gasteiger charge is 2.26. The van der Waals surface area contributed by atoms with Crippen molar-refractivity contribution >= 4 is 17.7 Å². The molecule has 1 aromatic carbocycles. The lowest BCUT2D eigenvalue weighted by Crippen LogP contribution is -2.40. The van der Waals surface area contributed by atoms with E-state index < -0.39 is 0 Å². The van der Waals surface area contributed by atoms with E-state index in [1.807, 2.05) is 18.2 Å². The molecular weight excluding hydrogens is 370 g/mol. The van der Waals surface area contributed by atoms with Crippen molar-refractivity contribution in [2.45, 2.75) is 12.6 Å². The zero-order valence-electron chi connectivity index (χ0n) is 15.2. The van der Waals surface area contributed by atoms with E-state index in [9.17, 15) is 0 Å². The van der Waals surface area contributed by atoms with Crippen molar-refractivity contribution < 1.29 is 14.2 Å². The second-order valence-corrected chi connectivity index (χ2v) is 7.04. The first-order chi connectivity index (χ1) is 13.2. The molecule has 1 saturated heterocycles. The van der Waals surface area contributed by atoms with Crippen molar-refractivity contribution in [1.82, 2.24) is 25.1 Å². The monoisotopic (exact) mass is 391 g/mol. The van der Waals surface area contributed by atoms with Gasteiger partial charge < -0.3 is 14.2 Å². The zero-order chi connectivity index (χ0) is 18.6. The molecule has 0 N–H and O–H groups in total. The minimum absolute atomic E-state index is 0.179. The Morgan fingerprint density at radius 2 is 2.30 bits per heavy atom. The molecule has 4 rings (SSSR count). The number of fused-ring (bicyclic) bond motifs is 1. The molecule has 9 heteroatoms. The number of hydrogen-bond donors (Lipinski definition) is 0. The van der Waals surface area contributed by atoms with Gasteiger partial charge in [-0.2, -0.15) is 4.80 Å². The molecule has 1 aromatic heterocycles. The van der Waals surface area contributed by atoms with Crippen LogP contribution in [0.15, 0.2) is 23.8 Å². The van der Waals surface area contributed by atoms with Gasteiger partial charge in [-0.05, 0) is 35.1 Å². The Labute approximate surface area is 162 Å². The molecule has 0 amide bonds. The van der Waals surface area contributed by atoms with Crippen LogP contribution in [0.4, 0.5) is 0 Å². The third-order valence-corrected chi connectivity index (χ3v) is 4.81. The van der Waals surface area contributed by atoms with Crippen LogP contribution >= 0.6 is 11.6 Å². The highest BCUT2D eigenvalue weighted by Crippen LogP contribution is 2.29. The summed E-state index contributed by atoms with van der Waals surface area (Å²) in [5.74, 6) is 1.49. The lowest BCUT2D eigenvalue weighted by atomic mass is 10.1. The van der Waals surface area contributed by atoms with E-state index in [0.717, 1.165) is 30.9 Å². The van der Waals surface area contributed by atoms with E-state index in [-0.39, 0.29) is 6.10 Å². The van der Waals surface area contributed by atoms with Crippen LogP contribution in [-0.4, -0.2) is 71.7 Å². The van der Waals surface area contributed by atoms with E-state index in [2.05, 4.69) is 26.4 Å². The van der Waals surface area contributed by atoms with Crippen LogP contribution < -0.4 is 4.74 Å². The number of aromatic nitrogens is 4. The number of morpholine rings is 1. The molecule has 0 bridgehead atoms. The quantitative estimate of drug-likeness (QED) is 0.743. The highest BCUT2D eigenvalue weighted by molar-refractivity contribution is 6.30. The minimum Gasteiger partial charge on any atom is -0.489 e. The lowest BCUT2D eigenvalue weighted by Gasteiger charge is -2.32. The zero-order valence-corrected chi connectivity index (χ0v) is 15.9. The van der Waals surface area contributed by atoms with Crippen LogP contribution in [0.25, 0.3) is 6.08 Å². The van der Waals surface area contributed by atoms with E-state index in [4.69, 9.17) is 25.8 Å². The van der Waals surface area contributed by atoms with Crippen LogP contribution in [0.1, 0.15) is 17.5 Å². The molecule has 27 heavy (non-hydrogen) atoms. The number of nitrogens with zero attached hydrogens (tertiary/aromatic N) is 5. The van der Waals surface area contributed by atoms with E-state index in [1.165, 1.54) is 5.57 Å². The van der Waals surface area contributed by atoms with Crippen molar-refractivity contribution in [1.29, 1.82) is 0 Å². The van der Waals surface area contributed by atoms with Crippen LogP contribution in [0.2, 0.25) is 5.02 Å². The van der Waals surface area contributed by atoms with Gasteiger partial charge in [-0.1, -0.05) is 11.6 Å². The maximum Gasteiger partial charge on any atom is 0.204 e. The molecule has 2 aliphatic heterocycles. The molecule has 0 radical (unpaired) electrons. The summed E-state index contributed by atoms with van der Waals surface area (Å²) in [5.41, 5.74) is 2.23. The first-order valence-corrected chi connectivity index (χ1v) is 9.31. The number of benzene rings is 1. The van der Waals surface area contributed by atoms with Gasteiger partial charge in [0.2, 0.25) is 5.82 Å². The third-order valence-electron chi connectivity index (χ3n) is 4.57. The summed E-state index contributed by atoms with van der Waals surface area (Å²) in [6.45, 7) is 4.72. The van der Waals surface area contributed by atoms with Gasteiger partial charge in [0, 0.05) is 37.3 Å². The summed E-state index contributed by atoms with van der Waals surface area (Å²) >= 11 is 6.10. The lowest BCUT2D eigenvalue weighted by molar-refractivity contribution is -0.0318. The Kier molecular flexibility index (Phi) is 5.68. The average Bonchev–Trinajstić information content (AvgIpc) is 3.15. The van der Waals surface area contributed by atoms with Gasteiger partial charge in [0.15, 0.2) is 0 Å². The van der Waals surface area contributed by atoms with Gasteiger partial charge in [0.05, 0.1) is 19.8 Å². The summed E-state index contributed by atoms with van der Waals surface area (Å²) in [6, 6.07) is 5.69. The van der Waals surface area contributed by atoms with Gasteiger partial charge >= 0.3 is 0 Å². The molecule has 1 atom stereocenters. The fourth-order valence-electron chi connectivity index (χ4n) is 3.23. The van der Waals surface area contributed by atoms with Crippen LogP contribution in [0, 0.1) is 0 Å². The average molecular weight is 392 g/mol. The molecule has 0 saturated carbocycles. The van der Waals surface area contributed by atoms with Crippen molar-refractivity contribution in [3.63, 3.8) is 0 Å². The largest absolute Gasteiger partial charge is 0.489 e. The Balaban J connectivity index is 1.39. The Morgan fingerprint density at radius 3 is 3.19 bits per heavy atom. The number of halogens is 1. The molecule has 2 aliphatic rings. The number of ether oxygens (including phenoxy) is 3. The van der Waals surface area contributed by atoms with Crippen molar-refractivity contribution in [2.24, 2.45) is 0 Å². The molecule has 0 spiro atoms. The Morgan fingerprint density at radius 1 is 1.37 bits per heavy atom. The van der Waals surface area contributed by atoms with Crippen molar-refractivity contribution in [3.05, 3.63) is 40.2 Å². The SMILES string of the molecule is COCCn1nnc(C2CN(CC3=Cc4cc(Cl)ccc4OC3)CCO2)n1. The van der Waals surface area contributed by atoms with E-state index >= 15 is 0 Å². The van der Waals surface area contributed by atoms with Gasteiger partial charge in [0.25, 0.3) is 0 Å². The number of rotatable bonds is 6. The maximum atomic E-state index is 6.10. The van der Waals surface area contributed by atoms with Gasteiger partial charge in [-0.25, -0.2) is 0 Å². The second kappa shape index (κ2) is 8.35. The predicted octanol–water partition coefficient (Wildman–Crippen LogP) is 1.82. The summed E-state index contributed by atoms with van der Waals surface area (Å²) < 4.78 is 16.7. The Bertz CT molecular complexity index is 825. The van der Waals surface area contributed by atoms with Crippen LogP contribution in [0.5, 0.6) is 5.75 Å². The third kappa shape index (κ3) is 4.47. The fourth-order valence-corrected chi connectivity index (χ4v) is 3.41. The molecule has 0 aliphatic carbocycles. The number of methoxy groups -OCH3 is 1. The first-order valence-electron chi connectivity index (χ1n) is 8.93. The molecule has 8 nitrogen and oxygen atoms in total. The first kappa shape index (κ1) is 18.4.